The van der Waals surface area contributed by atoms with Crippen molar-refractivity contribution in [3.8, 4) is 0 Å². The molecule has 5 rings (SSSR count). The first-order valence-electron chi connectivity index (χ1n) is 12.0. The number of fused-ring (bicyclic) bond motifs is 2. The predicted octanol–water partition coefficient (Wildman–Crippen LogP) is 5.61. The van der Waals surface area contributed by atoms with Crippen molar-refractivity contribution in [2.24, 2.45) is 0 Å². The van der Waals surface area contributed by atoms with Crippen LogP contribution in [0.3, 0.4) is 0 Å². The summed E-state index contributed by atoms with van der Waals surface area (Å²) >= 11 is 0. The third-order valence-corrected chi connectivity index (χ3v) is 8.22. The standard InChI is InChI=1S/C28H27FN2O3S/c29-21-14-11-19(12-15-21)18-31-24-17-20(27(32)30-22-7-3-1-2-4-8-22)13-16-26(24)35(34)25-10-6-5-9-23(25)28(31)33/h5-6,9-17,22H,1-4,7-8,18H2,(H,30,32). The van der Waals surface area contributed by atoms with E-state index in [1.165, 1.54) is 29.9 Å². The van der Waals surface area contributed by atoms with Gasteiger partial charge in [0.1, 0.15) is 5.82 Å². The minimum Gasteiger partial charge on any atom is -0.349 e. The smallest absolute Gasteiger partial charge is 0.259 e. The SMILES string of the molecule is O=C(NC1CCCCCC1)c1ccc2c(c1)N(Cc1ccc(F)cc1)C(=O)c1ccccc1S2=O. The van der Waals surface area contributed by atoms with E-state index in [1.54, 1.807) is 54.6 Å². The van der Waals surface area contributed by atoms with Gasteiger partial charge in [-0.3, -0.25) is 9.59 Å². The molecule has 1 aliphatic carbocycles. The van der Waals surface area contributed by atoms with Gasteiger partial charge >= 0.3 is 0 Å². The summed E-state index contributed by atoms with van der Waals surface area (Å²) in [6, 6.07) is 18.0. The van der Waals surface area contributed by atoms with Gasteiger partial charge in [-0.05, 0) is 60.9 Å². The summed E-state index contributed by atoms with van der Waals surface area (Å²) in [4.78, 5) is 29.3. The molecule has 1 unspecified atom stereocenters. The Morgan fingerprint density at radius 1 is 0.943 bits per heavy atom. The quantitative estimate of drug-likeness (QED) is 0.484. The molecule has 1 N–H and O–H groups in total. The van der Waals surface area contributed by atoms with Crippen LogP contribution in [0.2, 0.25) is 0 Å². The molecule has 1 saturated carbocycles. The number of carbonyl (C=O) groups is 2. The van der Waals surface area contributed by atoms with Gasteiger partial charge in [0.15, 0.2) is 0 Å². The Morgan fingerprint density at radius 3 is 2.40 bits per heavy atom. The molecule has 3 aromatic rings. The Morgan fingerprint density at radius 2 is 1.66 bits per heavy atom. The zero-order valence-electron chi connectivity index (χ0n) is 19.3. The van der Waals surface area contributed by atoms with E-state index in [0.29, 0.717) is 26.6 Å². The van der Waals surface area contributed by atoms with Crippen LogP contribution < -0.4 is 10.2 Å². The van der Waals surface area contributed by atoms with E-state index >= 15 is 0 Å². The first kappa shape index (κ1) is 23.4. The Balaban J connectivity index is 1.54. The molecular formula is C28H27FN2O3S. The maximum atomic E-state index is 13.7. The summed E-state index contributed by atoms with van der Waals surface area (Å²) in [6.45, 7) is 0.158. The summed E-state index contributed by atoms with van der Waals surface area (Å²) in [5, 5.41) is 3.15. The van der Waals surface area contributed by atoms with Crippen LogP contribution in [-0.4, -0.2) is 22.1 Å². The number of rotatable bonds is 4. The maximum Gasteiger partial charge on any atom is 0.259 e. The van der Waals surface area contributed by atoms with Gasteiger partial charge in [-0.25, -0.2) is 8.60 Å². The van der Waals surface area contributed by atoms with Gasteiger partial charge in [-0.1, -0.05) is 49.9 Å². The molecule has 5 nitrogen and oxygen atoms in total. The molecule has 1 fully saturated rings. The van der Waals surface area contributed by atoms with Crippen LogP contribution in [0, 0.1) is 5.82 Å². The normalized spacial score (nSPS) is 18.3. The van der Waals surface area contributed by atoms with Crippen LogP contribution in [0.1, 0.15) is 64.8 Å². The van der Waals surface area contributed by atoms with E-state index in [-0.39, 0.29) is 30.2 Å². The molecule has 0 spiro atoms. The van der Waals surface area contributed by atoms with E-state index in [2.05, 4.69) is 5.32 Å². The molecule has 2 aliphatic rings. The van der Waals surface area contributed by atoms with Crippen molar-refractivity contribution >= 4 is 28.3 Å². The van der Waals surface area contributed by atoms with E-state index in [9.17, 15) is 18.2 Å². The molecule has 1 heterocycles. The van der Waals surface area contributed by atoms with Crippen molar-refractivity contribution in [3.63, 3.8) is 0 Å². The first-order valence-corrected chi connectivity index (χ1v) is 13.2. The fraction of sp³-hybridized carbons (Fsp3) is 0.286. The Bertz CT molecular complexity index is 1280. The van der Waals surface area contributed by atoms with Crippen molar-refractivity contribution in [1.82, 2.24) is 5.32 Å². The van der Waals surface area contributed by atoms with Crippen LogP contribution in [0.15, 0.2) is 76.5 Å². The summed E-state index contributed by atoms with van der Waals surface area (Å²) in [7, 11) is -1.59. The molecule has 0 radical (unpaired) electrons. The Hall–Kier alpha value is -3.32. The monoisotopic (exact) mass is 490 g/mol. The van der Waals surface area contributed by atoms with Gasteiger partial charge in [-0.2, -0.15) is 0 Å². The minimum atomic E-state index is -1.59. The van der Waals surface area contributed by atoms with Crippen LogP contribution in [0.25, 0.3) is 0 Å². The van der Waals surface area contributed by atoms with Crippen LogP contribution in [0.5, 0.6) is 0 Å². The summed E-state index contributed by atoms with van der Waals surface area (Å²) in [5.74, 6) is -0.861. The van der Waals surface area contributed by atoms with Gasteiger partial charge < -0.3 is 10.2 Å². The number of anilines is 1. The largest absolute Gasteiger partial charge is 0.349 e. The average Bonchev–Trinajstić information content (AvgIpc) is 3.19. The number of nitrogens with zero attached hydrogens (tertiary/aromatic N) is 1. The number of halogens is 1. The third-order valence-electron chi connectivity index (χ3n) is 6.72. The summed E-state index contributed by atoms with van der Waals surface area (Å²) in [6.07, 6.45) is 6.52. The lowest BCUT2D eigenvalue weighted by Crippen LogP contribution is -2.35. The molecule has 35 heavy (non-hydrogen) atoms. The predicted molar refractivity (Wildman–Crippen MR) is 133 cm³/mol. The third kappa shape index (κ3) is 4.91. The first-order chi connectivity index (χ1) is 17.0. The lowest BCUT2D eigenvalue weighted by atomic mass is 10.1. The number of nitrogens with one attached hydrogen (secondary N) is 1. The lowest BCUT2D eigenvalue weighted by molar-refractivity contribution is 0.0931. The van der Waals surface area contributed by atoms with Crippen molar-refractivity contribution in [2.45, 2.75) is 60.9 Å². The second-order valence-corrected chi connectivity index (χ2v) is 10.5. The van der Waals surface area contributed by atoms with Gasteiger partial charge in [0, 0.05) is 11.6 Å². The number of hydrogen-bond donors (Lipinski definition) is 1. The van der Waals surface area contributed by atoms with E-state index in [4.69, 9.17) is 0 Å². The van der Waals surface area contributed by atoms with Gasteiger partial charge in [0.2, 0.25) is 0 Å². The molecule has 3 aromatic carbocycles. The van der Waals surface area contributed by atoms with Crippen molar-refractivity contribution in [1.29, 1.82) is 0 Å². The van der Waals surface area contributed by atoms with E-state index in [0.717, 1.165) is 31.2 Å². The molecule has 180 valence electrons. The lowest BCUT2D eigenvalue weighted by Gasteiger charge is -2.24. The zero-order valence-corrected chi connectivity index (χ0v) is 20.2. The molecule has 0 bridgehead atoms. The molecule has 7 heteroatoms. The second kappa shape index (κ2) is 10.1. The van der Waals surface area contributed by atoms with Crippen molar-refractivity contribution < 1.29 is 18.2 Å². The fourth-order valence-electron chi connectivity index (χ4n) is 4.83. The molecule has 0 saturated heterocycles. The number of carbonyl (C=O) groups excluding carboxylic acids is 2. The van der Waals surface area contributed by atoms with Crippen molar-refractivity contribution in [3.05, 3.63) is 89.2 Å². The van der Waals surface area contributed by atoms with Crippen molar-refractivity contribution in [2.75, 3.05) is 4.90 Å². The number of benzene rings is 3. The zero-order chi connectivity index (χ0) is 24.4. The highest BCUT2D eigenvalue weighted by molar-refractivity contribution is 7.85. The maximum absolute atomic E-state index is 13.7. The second-order valence-electron chi connectivity index (χ2n) is 9.13. The highest BCUT2D eigenvalue weighted by atomic mass is 32.2. The molecular weight excluding hydrogens is 463 g/mol. The summed E-state index contributed by atoms with van der Waals surface area (Å²) in [5.41, 5.74) is 1.94. The number of hydrogen-bond acceptors (Lipinski definition) is 3. The van der Waals surface area contributed by atoms with Crippen LogP contribution in [0.4, 0.5) is 10.1 Å². The fourth-order valence-corrected chi connectivity index (χ4v) is 6.17. The molecule has 1 atom stereocenters. The highest BCUT2D eigenvalue weighted by Crippen LogP contribution is 2.36. The van der Waals surface area contributed by atoms with Crippen LogP contribution in [-0.2, 0) is 17.3 Å². The van der Waals surface area contributed by atoms with Crippen LogP contribution >= 0.6 is 0 Å². The summed E-state index contributed by atoms with van der Waals surface area (Å²) < 4.78 is 27.0. The molecule has 0 aromatic heterocycles. The average molecular weight is 491 g/mol. The Labute approximate surface area is 206 Å². The van der Waals surface area contributed by atoms with E-state index in [1.807, 2.05) is 0 Å². The molecule has 2 amide bonds. The topological polar surface area (TPSA) is 66.5 Å². The Kier molecular flexibility index (Phi) is 6.77. The highest BCUT2D eigenvalue weighted by Gasteiger charge is 2.31. The van der Waals surface area contributed by atoms with Gasteiger partial charge in [0.25, 0.3) is 11.8 Å². The van der Waals surface area contributed by atoms with Gasteiger partial charge in [-0.15, -0.1) is 0 Å². The number of amides is 2. The molecule has 1 aliphatic heterocycles. The van der Waals surface area contributed by atoms with E-state index < -0.39 is 10.8 Å². The minimum absolute atomic E-state index is 0.138. The van der Waals surface area contributed by atoms with Gasteiger partial charge in [0.05, 0.1) is 38.4 Å².